The molecule has 0 fully saturated rings. The van der Waals surface area contributed by atoms with Crippen molar-refractivity contribution in [1.29, 1.82) is 0 Å². The Kier molecular flexibility index (Phi) is 0.962. The molecule has 3 N–H and O–H groups in total. The Hall–Kier alpha value is -1.11. The van der Waals surface area contributed by atoms with Crippen molar-refractivity contribution in [2.75, 3.05) is 0 Å². The lowest BCUT2D eigenvalue weighted by atomic mass is 10.6. The van der Waals surface area contributed by atoms with Crippen LogP contribution in [0, 0.1) is 0 Å². The number of nitrogens with two attached hydrogens (primary N) is 1. The summed E-state index contributed by atoms with van der Waals surface area (Å²) >= 11 is 0. The van der Waals surface area contributed by atoms with E-state index in [4.69, 9.17) is 5.73 Å². The molecular formula is C2H3N3O3S. The quantitative estimate of drug-likeness (QED) is 0.405. The zero-order valence-electron chi connectivity index (χ0n) is 4.16. The summed E-state index contributed by atoms with van der Waals surface area (Å²) in [5, 5.41) is 0. The summed E-state index contributed by atoms with van der Waals surface area (Å²) in [6, 6.07) is 0. The molecule has 7 heteroatoms. The van der Waals surface area contributed by atoms with Crippen LogP contribution in [-0.4, -0.2) is 20.2 Å². The minimum atomic E-state index is -3.78. The third-order valence-corrected chi connectivity index (χ3v) is 1.55. The highest BCUT2D eigenvalue weighted by atomic mass is 32.2. The molecule has 0 unspecified atom stereocenters. The molecule has 0 aromatic rings. The first kappa shape index (κ1) is 6.02. The summed E-state index contributed by atoms with van der Waals surface area (Å²) in [5.74, 6) is -1.38. The summed E-state index contributed by atoms with van der Waals surface area (Å²) in [4.78, 5) is 10.2. The van der Waals surface area contributed by atoms with Gasteiger partial charge in [-0.25, -0.2) is 4.72 Å². The van der Waals surface area contributed by atoms with Crippen molar-refractivity contribution in [1.82, 2.24) is 4.72 Å². The number of amidine groups is 1. The third-order valence-electron chi connectivity index (χ3n) is 0.673. The molecule has 0 bridgehead atoms. The molecule has 1 aliphatic rings. The fraction of sp³-hybridized carbons (Fsp3) is 0. The van der Waals surface area contributed by atoms with Gasteiger partial charge in [0.2, 0.25) is 5.84 Å². The summed E-state index contributed by atoms with van der Waals surface area (Å²) in [6.07, 6.45) is 0. The van der Waals surface area contributed by atoms with E-state index >= 15 is 0 Å². The van der Waals surface area contributed by atoms with Gasteiger partial charge in [-0.05, 0) is 0 Å². The molecule has 50 valence electrons. The summed E-state index contributed by atoms with van der Waals surface area (Å²) in [6.45, 7) is 0. The zero-order valence-corrected chi connectivity index (χ0v) is 4.97. The summed E-state index contributed by atoms with van der Waals surface area (Å²) in [7, 11) is -3.78. The number of carbonyl (C=O) groups is 1. The Morgan fingerprint density at radius 2 is 2.11 bits per heavy atom. The van der Waals surface area contributed by atoms with Crippen molar-refractivity contribution in [2.45, 2.75) is 0 Å². The molecule has 1 rings (SSSR count). The SMILES string of the molecule is NC1=NS(=O)(=O)NC1=O. The number of nitrogens with zero attached hydrogens (tertiary/aromatic N) is 1. The van der Waals surface area contributed by atoms with Crippen LogP contribution in [0.15, 0.2) is 4.40 Å². The maximum absolute atomic E-state index is 10.3. The number of rotatable bonds is 0. The van der Waals surface area contributed by atoms with Gasteiger partial charge in [-0.2, -0.15) is 8.42 Å². The van der Waals surface area contributed by atoms with E-state index in [1.165, 1.54) is 0 Å². The second-order valence-corrected chi connectivity index (χ2v) is 2.72. The number of hydrogen-bond acceptors (Lipinski definition) is 4. The average Bonchev–Trinajstić information content (AvgIpc) is 1.79. The van der Waals surface area contributed by atoms with Crippen molar-refractivity contribution in [2.24, 2.45) is 10.1 Å². The molecule has 0 aromatic heterocycles. The van der Waals surface area contributed by atoms with Gasteiger partial charge in [0.15, 0.2) is 0 Å². The van der Waals surface area contributed by atoms with Gasteiger partial charge in [-0.1, -0.05) is 0 Å². The second-order valence-electron chi connectivity index (χ2n) is 1.38. The van der Waals surface area contributed by atoms with Crippen LogP contribution in [0.25, 0.3) is 0 Å². The number of hydrogen-bond donors (Lipinski definition) is 2. The van der Waals surface area contributed by atoms with Crippen LogP contribution in [0.3, 0.4) is 0 Å². The van der Waals surface area contributed by atoms with Gasteiger partial charge in [-0.3, -0.25) is 4.79 Å². The van der Waals surface area contributed by atoms with E-state index in [0.717, 1.165) is 0 Å². The zero-order chi connectivity index (χ0) is 7.07. The first-order chi connectivity index (χ1) is 4.01. The average molecular weight is 149 g/mol. The smallest absolute Gasteiger partial charge is 0.346 e. The van der Waals surface area contributed by atoms with E-state index in [2.05, 4.69) is 4.40 Å². The molecule has 0 aliphatic carbocycles. The van der Waals surface area contributed by atoms with Crippen molar-refractivity contribution < 1.29 is 13.2 Å². The van der Waals surface area contributed by atoms with E-state index < -0.39 is 22.0 Å². The van der Waals surface area contributed by atoms with Gasteiger partial charge in [0.05, 0.1) is 0 Å². The maximum Gasteiger partial charge on any atom is 0.346 e. The molecule has 0 atom stereocenters. The standard InChI is InChI=1S/C2H3N3O3S/c3-1-2(6)5-9(7,8)4-1/h(H2,3,4)(H,5,6). The van der Waals surface area contributed by atoms with Crippen LogP contribution in [0.2, 0.25) is 0 Å². The van der Waals surface area contributed by atoms with Crippen LogP contribution < -0.4 is 10.5 Å². The minimum absolute atomic E-state index is 0.519. The Bertz CT molecular complexity index is 275. The molecule has 0 saturated carbocycles. The fourth-order valence-electron chi connectivity index (χ4n) is 0.363. The van der Waals surface area contributed by atoms with Gasteiger partial charge in [0.25, 0.3) is 0 Å². The molecule has 9 heavy (non-hydrogen) atoms. The Labute approximate surface area is 50.9 Å². The van der Waals surface area contributed by atoms with Gasteiger partial charge >= 0.3 is 16.1 Å². The van der Waals surface area contributed by atoms with Crippen molar-refractivity contribution in [3.63, 3.8) is 0 Å². The molecule has 6 nitrogen and oxygen atoms in total. The van der Waals surface area contributed by atoms with E-state index in [-0.39, 0.29) is 0 Å². The topological polar surface area (TPSA) is 102 Å². The monoisotopic (exact) mass is 149 g/mol. The molecule has 0 aromatic carbocycles. The molecule has 0 spiro atoms. The normalized spacial score (nSPS) is 23.1. The highest BCUT2D eigenvalue weighted by molar-refractivity contribution is 7.89. The van der Waals surface area contributed by atoms with Crippen LogP contribution in [0.4, 0.5) is 0 Å². The molecule has 0 saturated heterocycles. The van der Waals surface area contributed by atoms with E-state index in [9.17, 15) is 13.2 Å². The lowest BCUT2D eigenvalue weighted by Gasteiger charge is -1.83. The van der Waals surface area contributed by atoms with Gasteiger partial charge in [-0.15, -0.1) is 4.40 Å². The minimum Gasteiger partial charge on any atom is -0.378 e. The largest absolute Gasteiger partial charge is 0.378 e. The summed E-state index contributed by atoms with van der Waals surface area (Å²) in [5.41, 5.74) is 4.81. The van der Waals surface area contributed by atoms with Gasteiger partial charge < -0.3 is 5.73 Å². The van der Waals surface area contributed by atoms with E-state index in [0.29, 0.717) is 0 Å². The molecule has 1 amide bonds. The molecule has 1 heterocycles. The Morgan fingerprint density at radius 1 is 1.56 bits per heavy atom. The number of amides is 1. The van der Waals surface area contributed by atoms with Crippen LogP contribution in [0.1, 0.15) is 0 Å². The predicted octanol–water partition coefficient (Wildman–Crippen LogP) is -2.28. The van der Waals surface area contributed by atoms with Gasteiger partial charge in [0.1, 0.15) is 0 Å². The third kappa shape index (κ3) is 0.992. The lowest BCUT2D eigenvalue weighted by molar-refractivity contribution is -0.113. The lowest BCUT2D eigenvalue weighted by Crippen LogP contribution is -2.30. The number of carbonyl (C=O) groups excluding carboxylic acids is 1. The maximum atomic E-state index is 10.3. The Morgan fingerprint density at radius 3 is 2.22 bits per heavy atom. The van der Waals surface area contributed by atoms with Crippen molar-refractivity contribution in [3.05, 3.63) is 0 Å². The van der Waals surface area contributed by atoms with Crippen LogP contribution >= 0.6 is 0 Å². The summed E-state index contributed by atoms with van der Waals surface area (Å²) < 4.78 is 24.9. The highest BCUT2D eigenvalue weighted by Gasteiger charge is 2.24. The van der Waals surface area contributed by atoms with Crippen LogP contribution in [-0.2, 0) is 15.0 Å². The van der Waals surface area contributed by atoms with Crippen molar-refractivity contribution >= 4 is 22.0 Å². The van der Waals surface area contributed by atoms with Crippen LogP contribution in [0.5, 0.6) is 0 Å². The van der Waals surface area contributed by atoms with Crippen molar-refractivity contribution in [3.8, 4) is 0 Å². The van der Waals surface area contributed by atoms with E-state index in [1.54, 1.807) is 4.72 Å². The Balaban J connectivity index is 3.15. The molecule has 0 radical (unpaired) electrons. The second kappa shape index (κ2) is 1.44. The molecular weight excluding hydrogens is 146 g/mol. The van der Waals surface area contributed by atoms with E-state index in [1.807, 2.05) is 0 Å². The first-order valence-corrected chi connectivity index (χ1v) is 3.38. The van der Waals surface area contributed by atoms with Gasteiger partial charge in [0, 0.05) is 0 Å². The molecule has 1 aliphatic heterocycles. The highest BCUT2D eigenvalue weighted by Crippen LogP contribution is 1.93. The first-order valence-electron chi connectivity index (χ1n) is 1.94. The number of nitrogens with one attached hydrogen (secondary N) is 1. The predicted molar refractivity (Wildman–Crippen MR) is 28.7 cm³/mol. The fourth-order valence-corrected chi connectivity index (χ4v) is 1.09.